The number of benzene rings is 1. The smallest absolute Gasteiger partial charge is 0.299 e. The molecule has 0 unspecified atom stereocenters. The second-order valence-electron chi connectivity index (χ2n) is 6.51. The minimum atomic E-state index is -0.771. The van der Waals surface area contributed by atoms with Crippen LogP contribution in [0.1, 0.15) is 22.6 Å². The molecule has 2 aromatic rings. The standard InChI is InChI=1S/C20H19ClN4O4/c1-12-9-17(26)19(23-25(12)15-4-2-3-14(21)11-15)20(28)24-29-16-7-5-13(6-8-16)10-18(22)27/h2-9,11,13,16H,10H2,1H3,(H2,22,27)(H,24,28). The van der Waals surface area contributed by atoms with Crippen LogP contribution < -0.4 is 16.6 Å². The summed E-state index contributed by atoms with van der Waals surface area (Å²) in [6.07, 6.45) is 6.54. The highest BCUT2D eigenvalue weighted by Crippen LogP contribution is 2.16. The summed E-state index contributed by atoms with van der Waals surface area (Å²) in [5.41, 5.74) is 7.73. The minimum absolute atomic E-state index is 0.105. The fourth-order valence-corrected chi connectivity index (χ4v) is 3.01. The van der Waals surface area contributed by atoms with E-state index in [4.69, 9.17) is 22.2 Å². The van der Waals surface area contributed by atoms with Crippen LogP contribution in [0.3, 0.4) is 0 Å². The maximum atomic E-state index is 12.4. The van der Waals surface area contributed by atoms with Crippen molar-refractivity contribution >= 4 is 23.4 Å². The highest BCUT2D eigenvalue weighted by molar-refractivity contribution is 6.30. The van der Waals surface area contributed by atoms with E-state index in [9.17, 15) is 14.4 Å². The van der Waals surface area contributed by atoms with Gasteiger partial charge in [-0.05, 0) is 25.1 Å². The summed E-state index contributed by atoms with van der Waals surface area (Å²) in [5, 5.41) is 4.66. The van der Waals surface area contributed by atoms with Crippen molar-refractivity contribution in [3.05, 3.63) is 81.3 Å². The summed E-state index contributed by atoms with van der Waals surface area (Å²) < 4.78 is 1.46. The molecule has 1 aliphatic rings. The summed E-state index contributed by atoms with van der Waals surface area (Å²) in [5.74, 6) is -1.28. The number of carbonyl (C=O) groups excluding carboxylic acids is 2. The Morgan fingerprint density at radius 2 is 1.97 bits per heavy atom. The molecule has 3 N–H and O–H groups in total. The minimum Gasteiger partial charge on any atom is -0.370 e. The van der Waals surface area contributed by atoms with Crippen LogP contribution >= 0.6 is 11.6 Å². The normalized spacial score (nSPS) is 17.9. The van der Waals surface area contributed by atoms with Crippen LogP contribution in [0, 0.1) is 12.8 Å². The van der Waals surface area contributed by atoms with Crippen LogP contribution in [-0.2, 0) is 9.63 Å². The molecule has 0 radical (unpaired) electrons. The Morgan fingerprint density at radius 3 is 2.62 bits per heavy atom. The van der Waals surface area contributed by atoms with Gasteiger partial charge in [-0.3, -0.25) is 19.2 Å². The average Bonchev–Trinajstić information content (AvgIpc) is 2.67. The lowest BCUT2D eigenvalue weighted by Crippen LogP contribution is -2.34. The van der Waals surface area contributed by atoms with Crippen LogP contribution in [-0.4, -0.2) is 27.7 Å². The zero-order chi connectivity index (χ0) is 21.0. The van der Waals surface area contributed by atoms with Crippen molar-refractivity contribution < 1.29 is 14.4 Å². The molecule has 0 aliphatic heterocycles. The van der Waals surface area contributed by atoms with Crippen molar-refractivity contribution in [1.82, 2.24) is 15.3 Å². The van der Waals surface area contributed by atoms with E-state index < -0.39 is 23.3 Å². The molecule has 0 fully saturated rings. The third kappa shape index (κ3) is 5.18. The third-order valence-corrected chi connectivity index (χ3v) is 4.43. The zero-order valence-electron chi connectivity index (χ0n) is 15.5. The number of aromatic nitrogens is 2. The molecule has 8 nitrogen and oxygen atoms in total. The lowest BCUT2D eigenvalue weighted by Gasteiger charge is -2.16. The van der Waals surface area contributed by atoms with Crippen LogP contribution in [0.2, 0.25) is 5.02 Å². The fourth-order valence-electron chi connectivity index (χ4n) is 2.82. The Hall–Kier alpha value is -3.23. The third-order valence-electron chi connectivity index (χ3n) is 4.20. The van der Waals surface area contributed by atoms with E-state index >= 15 is 0 Å². The number of hydrogen-bond acceptors (Lipinski definition) is 5. The number of primary amides is 1. The number of allylic oxidation sites excluding steroid dienone is 2. The Balaban J connectivity index is 1.72. The maximum Gasteiger partial charge on any atom is 0.299 e. The number of hydrogen-bond donors (Lipinski definition) is 2. The lowest BCUT2D eigenvalue weighted by molar-refractivity contribution is -0.118. The van der Waals surface area contributed by atoms with Crippen LogP contribution in [0.5, 0.6) is 0 Å². The number of aryl methyl sites for hydroxylation is 1. The number of amides is 2. The van der Waals surface area contributed by atoms with Gasteiger partial charge in [0, 0.05) is 29.1 Å². The first-order valence-corrected chi connectivity index (χ1v) is 9.19. The van der Waals surface area contributed by atoms with Crippen molar-refractivity contribution in [3.8, 4) is 5.69 Å². The average molecular weight is 415 g/mol. The number of carbonyl (C=O) groups is 2. The fraction of sp³-hybridized carbons (Fsp3) is 0.200. The SMILES string of the molecule is Cc1cc(=O)c(C(=O)NOC2C=CC(CC(N)=O)C=C2)nn1-c1cccc(Cl)c1. The molecule has 1 aliphatic carbocycles. The van der Waals surface area contributed by atoms with Crippen LogP contribution in [0.15, 0.2) is 59.4 Å². The van der Waals surface area contributed by atoms with Gasteiger partial charge >= 0.3 is 0 Å². The Morgan fingerprint density at radius 1 is 1.24 bits per heavy atom. The molecular formula is C20H19ClN4O4. The monoisotopic (exact) mass is 414 g/mol. The predicted molar refractivity (Wildman–Crippen MR) is 108 cm³/mol. The van der Waals surface area contributed by atoms with Gasteiger partial charge in [-0.1, -0.05) is 42.0 Å². The molecule has 1 aromatic heterocycles. The van der Waals surface area contributed by atoms with E-state index in [0.717, 1.165) is 0 Å². The first kappa shape index (κ1) is 20.5. The van der Waals surface area contributed by atoms with Gasteiger partial charge in [-0.25, -0.2) is 10.2 Å². The molecule has 0 saturated heterocycles. The number of hydroxylamine groups is 1. The highest BCUT2D eigenvalue weighted by Gasteiger charge is 2.18. The number of halogens is 1. The van der Waals surface area contributed by atoms with Gasteiger partial charge in [0.1, 0.15) is 6.10 Å². The molecule has 2 amide bonds. The van der Waals surface area contributed by atoms with E-state index in [1.54, 1.807) is 55.5 Å². The molecule has 0 atom stereocenters. The van der Waals surface area contributed by atoms with Gasteiger partial charge in [-0.15, -0.1) is 0 Å². The van der Waals surface area contributed by atoms with E-state index in [1.807, 2.05) is 0 Å². The van der Waals surface area contributed by atoms with E-state index in [2.05, 4.69) is 10.6 Å². The lowest BCUT2D eigenvalue weighted by atomic mass is 9.98. The molecule has 29 heavy (non-hydrogen) atoms. The largest absolute Gasteiger partial charge is 0.370 e. The van der Waals surface area contributed by atoms with Crippen molar-refractivity contribution in [2.24, 2.45) is 11.7 Å². The second-order valence-corrected chi connectivity index (χ2v) is 6.94. The van der Waals surface area contributed by atoms with Crippen molar-refractivity contribution in [2.45, 2.75) is 19.4 Å². The van der Waals surface area contributed by atoms with Gasteiger partial charge in [0.05, 0.1) is 5.69 Å². The summed E-state index contributed by atoms with van der Waals surface area (Å²) in [7, 11) is 0. The van der Waals surface area contributed by atoms with Crippen LogP contribution in [0.4, 0.5) is 0 Å². The second kappa shape index (κ2) is 8.85. The Kier molecular flexibility index (Phi) is 6.26. The van der Waals surface area contributed by atoms with E-state index in [0.29, 0.717) is 16.4 Å². The molecule has 1 heterocycles. The quantitative estimate of drug-likeness (QED) is 0.552. The Labute approximate surface area is 171 Å². The van der Waals surface area contributed by atoms with Crippen molar-refractivity contribution in [3.63, 3.8) is 0 Å². The van der Waals surface area contributed by atoms with Gasteiger partial charge in [0.2, 0.25) is 11.3 Å². The van der Waals surface area contributed by atoms with E-state index in [-0.39, 0.29) is 18.0 Å². The summed E-state index contributed by atoms with van der Waals surface area (Å²) in [4.78, 5) is 40.9. The summed E-state index contributed by atoms with van der Waals surface area (Å²) >= 11 is 6.01. The first-order valence-electron chi connectivity index (χ1n) is 8.81. The molecule has 0 saturated carbocycles. The summed E-state index contributed by atoms with van der Waals surface area (Å²) in [6.45, 7) is 1.70. The maximum absolute atomic E-state index is 12.4. The van der Waals surface area contributed by atoms with Crippen LogP contribution in [0.25, 0.3) is 5.69 Å². The molecule has 3 rings (SSSR count). The molecular weight excluding hydrogens is 396 g/mol. The van der Waals surface area contributed by atoms with Gasteiger partial charge in [0.15, 0.2) is 5.69 Å². The topological polar surface area (TPSA) is 116 Å². The molecule has 150 valence electrons. The van der Waals surface area contributed by atoms with Gasteiger partial charge < -0.3 is 5.73 Å². The number of nitrogens with zero attached hydrogens (tertiary/aromatic N) is 2. The van der Waals surface area contributed by atoms with Gasteiger partial charge in [0.25, 0.3) is 5.91 Å². The van der Waals surface area contributed by atoms with E-state index in [1.165, 1.54) is 10.7 Å². The predicted octanol–water partition coefficient (Wildman–Crippen LogP) is 1.84. The molecule has 9 heteroatoms. The van der Waals surface area contributed by atoms with Crippen molar-refractivity contribution in [1.29, 1.82) is 0 Å². The molecule has 1 aromatic carbocycles. The number of rotatable bonds is 6. The summed E-state index contributed by atoms with van der Waals surface area (Å²) in [6, 6.07) is 8.20. The number of nitrogens with one attached hydrogen (secondary N) is 1. The van der Waals surface area contributed by atoms with Gasteiger partial charge in [-0.2, -0.15) is 5.10 Å². The zero-order valence-corrected chi connectivity index (χ0v) is 16.3. The highest BCUT2D eigenvalue weighted by atomic mass is 35.5. The van der Waals surface area contributed by atoms with Crippen molar-refractivity contribution in [2.75, 3.05) is 0 Å². The first-order chi connectivity index (χ1) is 13.8. The molecule has 0 spiro atoms. The number of nitrogens with two attached hydrogens (primary N) is 1. The Bertz CT molecular complexity index is 1050. The molecule has 0 bridgehead atoms.